The summed E-state index contributed by atoms with van der Waals surface area (Å²) < 4.78 is 10.6. The number of anilines is 1. The molecule has 0 radical (unpaired) electrons. The lowest BCUT2D eigenvalue weighted by Crippen LogP contribution is -2.27. The van der Waals surface area contributed by atoms with E-state index in [0.717, 1.165) is 19.3 Å². The van der Waals surface area contributed by atoms with Gasteiger partial charge in [-0.3, -0.25) is 10.1 Å². The zero-order chi connectivity index (χ0) is 20.0. The molecule has 0 aliphatic rings. The van der Waals surface area contributed by atoms with Gasteiger partial charge in [0.2, 0.25) is 0 Å². The van der Waals surface area contributed by atoms with Gasteiger partial charge in [-0.05, 0) is 51.2 Å². The maximum absolute atomic E-state index is 12.1. The molecule has 1 N–H and O–H groups in total. The molecule has 0 bridgehead atoms. The lowest BCUT2D eigenvalue weighted by Gasteiger charge is -2.20. The third kappa shape index (κ3) is 9.66. The van der Waals surface area contributed by atoms with Crippen molar-refractivity contribution in [1.29, 1.82) is 0 Å². The van der Waals surface area contributed by atoms with E-state index in [1.165, 1.54) is 6.07 Å². The van der Waals surface area contributed by atoms with E-state index in [2.05, 4.69) is 26.1 Å². The van der Waals surface area contributed by atoms with Crippen molar-refractivity contribution in [3.8, 4) is 5.75 Å². The zero-order valence-corrected chi connectivity index (χ0v) is 17.3. The molecule has 0 aromatic heterocycles. The number of hydrogen-bond acceptors (Lipinski definition) is 4. The van der Waals surface area contributed by atoms with Crippen LogP contribution in [0.5, 0.6) is 5.75 Å². The van der Waals surface area contributed by atoms with Crippen LogP contribution >= 0.6 is 11.6 Å². The van der Waals surface area contributed by atoms with Gasteiger partial charge in [0.25, 0.3) is 0 Å². The average molecular weight is 384 g/mol. The fourth-order valence-electron chi connectivity index (χ4n) is 2.20. The number of ether oxygens (including phenoxy) is 2. The highest BCUT2D eigenvalue weighted by atomic mass is 35.5. The molecule has 0 aliphatic heterocycles. The first-order chi connectivity index (χ1) is 11.9. The Morgan fingerprint density at radius 1 is 1.08 bits per heavy atom. The van der Waals surface area contributed by atoms with Crippen molar-refractivity contribution in [2.75, 3.05) is 5.32 Å². The van der Waals surface area contributed by atoms with Crippen LogP contribution in [0.3, 0.4) is 0 Å². The minimum Gasteiger partial charge on any atom is -0.444 e. The van der Waals surface area contributed by atoms with Gasteiger partial charge in [-0.1, -0.05) is 38.8 Å². The number of esters is 1. The van der Waals surface area contributed by atoms with Crippen molar-refractivity contribution in [3.05, 3.63) is 23.2 Å². The number of carbonyl (C=O) groups is 2. The summed E-state index contributed by atoms with van der Waals surface area (Å²) in [7, 11) is 0. The van der Waals surface area contributed by atoms with Crippen LogP contribution in [-0.2, 0) is 9.53 Å². The molecule has 1 aromatic carbocycles. The van der Waals surface area contributed by atoms with Gasteiger partial charge in [-0.15, -0.1) is 0 Å². The van der Waals surface area contributed by atoms with Crippen molar-refractivity contribution in [2.24, 2.45) is 5.41 Å². The van der Waals surface area contributed by atoms with Gasteiger partial charge >= 0.3 is 12.1 Å². The molecule has 0 atom stereocenters. The Hall–Kier alpha value is -1.75. The summed E-state index contributed by atoms with van der Waals surface area (Å²) in [6.07, 6.45) is 2.45. The smallest absolute Gasteiger partial charge is 0.412 e. The molecule has 0 unspecified atom stereocenters. The van der Waals surface area contributed by atoms with Gasteiger partial charge in [-0.2, -0.15) is 0 Å². The molecule has 0 heterocycles. The molecule has 0 saturated carbocycles. The van der Waals surface area contributed by atoms with Crippen molar-refractivity contribution in [3.63, 3.8) is 0 Å². The van der Waals surface area contributed by atoms with Gasteiger partial charge in [-0.25, -0.2) is 4.79 Å². The summed E-state index contributed by atoms with van der Waals surface area (Å²) in [6, 6.07) is 4.69. The van der Waals surface area contributed by atoms with Gasteiger partial charge < -0.3 is 9.47 Å². The third-order valence-corrected chi connectivity index (χ3v) is 3.60. The lowest BCUT2D eigenvalue weighted by atomic mass is 9.89. The second-order valence-corrected chi connectivity index (χ2v) is 8.95. The molecule has 1 amide bonds. The van der Waals surface area contributed by atoms with Gasteiger partial charge in [0.1, 0.15) is 5.60 Å². The zero-order valence-electron chi connectivity index (χ0n) is 16.6. The van der Waals surface area contributed by atoms with Crippen LogP contribution in [0.15, 0.2) is 18.2 Å². The van der Waals surface area contributed by atoms with Crippen LogP contribution in [0.25, 0.3) is 0 Å². The van der Waals surface area contributed by atoms with Crippen LogP contribution in [0.2, 0.25) is 5.02 Å². The van der Waals surface area contributed by atoms with E-state index in [1.54, 1.807) is 32.9 Å². The number of halogens is 1. The number of carbonyl (C=O) groups excluding carboxylic acids is 2. The first-order valence-corrected chi connectivity index (χ1v) is 9.24. The molecule has 6 heteroatoms. The van der Waals surface area contributed by atoms with Crippen LogP contribution < -0.4 is 10.1 Å². The van der Waals surface area contributed by atoms with Crippen molar-refractivity contribution >= 4 is 29.4 Å². The first-order valence-electron chi connectivity index (χ1n) is 8.86. The van der Waals surface area contributed by atoms with E-state index in [1.807, 2.05) is 0 Å². The van der Waals surface area contributed by atoms with Gasteiger partial charge in [0.05, 0.1) is 5.69 Å². The first kappa shape index (κ1) is 22.3. The van der Waals surface area contributed by atoms with Crippen LogP contribution in [-0.4, -0.2) is 17.7 Å². The van der Waals surface area contributed by atoms with Crippen LogP contribution in [0.1, 0.15) is 67.2 Å². The number of hydrogen-bond donors (Lipinski definition) is 1. The molecule has 5 nitrogen and oxygen atoms in total. The second kappa shape index (κ2) is 9.26. The Balaban J connectivity index is 2.66. The molecule has 1 aromatic rings. The predicted octanol–water partition coefficient (Wildman–Crippen LogP) is 6.20. The Labute approximate surface area is 161 Å². The summed E-state index contributed by atoms with van der Waals surface area (Å²) in [5.74, 6) is -0.141. The molecular formula is C20H30ClNO4. The van der Waals surface area contributed by atoms with Gasteiger partial charge in [0, 0.05) is 17.5 Å². The van der Waals surface area contributed by atoms with E-state index in [4.69, 9.17) is 21.1 Å². The largest absolute Gasteiger partial charge is 0.444 e. The predicted molar refractivity (Wildman–Crippen MR) is 105 cm³/mol. The molecule has 26 heavy (non-hydrogen) atoms. The molecule has 0 fully saturated rings. The van der Waals surface area contributed by atoms with E-state index in [9.17, 15) is 9.59 Å². The normalized spacial score (nSPS) is 11.8. The highest BCUT2D eigenvalue weighted by Gasteiger charge is 2.19. The minimum atomic E-state index is -0.625. The average Bonchev–Trinajstić information content (AvgIpc) is 2.43. The highest BCUT2D eigenvalue weighted by Crippen LogP contribution is 2.29. The Morgan fingerprint density at radius 3 is 2.31 bits per heavy atom. The molecule has 0 aliphatic carbocycles. The molecule has 146 valence electrons. The number of rotatable bonds is 6. The topological polar surface area (TPSA) is 64.6 Å². The van der Waals surface area contributed by atoms with E-state index in [0.29, 0.717) is 17.1 Å². The summed E-state index contributed by atoms with van der Waals surface area (Å²) in [6.45, 7) is 11.8. The fraction of sp³-hybridized carbons (Fsp3) is 0.600. The van der Waals surface area contributed by atoms with E-state index in [-0.39, 0.29) is 17.1 Å². The fourth-order valence-corrected chi connectivity index (χ4v) is 2.36. The summed E-state index contributed by atoms with van der Waals surface area (Å²) in [5, 5.41) is 3.00. The molecule has 1 rings (SSSR count). The van der Waals surface area contributed by atoms with Gasteiger partial charge in [0.15, 0.2) is 5.75 Å². The number of unbranched alkanes of at least 4 members (excludes halogenated alkanes) is 1. The maximum Gasteiger partial charge on any atom is 0.412 e. The van der Waals surface area contributed by atoms with Crippen molar-refractivity contribution in [1.82, 2.24) is 0 Å². The molecule has 0 spiro atoms. The summed E-state index contributed by atoms with van der Waals surface area (Å²) in [4.78, 5) is 24.1. The van der Waals surface area contributed by atoms with Crippen molar-refractivity contribution in [2.45, 2.75) is 72.8 Å². The Morgan fingerprint density at radius 2 is 1.73 bits per heavy atom. The number of amides is 1. The summed E-state index contributed by atoms with van der Waals surface area (Å²) in [5.41, 5.74) is -0.0337. The SMILES string of the molecule is CC(C)(C)CCCCC(=O)Oc1cc(Cl)ccc1NC(=O)OC(C)(C)C. The lowest BCUT2D eigenvalue weighted by molar-refractivity contribution is -0.134. The molecule has 0 saturated heterocycles. The summed E-state index contributed by atoms with van der Waals surface area (Å²) >= 11 is 5.99. The van der Waals surface area contributed by atoms with E-state index < -0.39 is 11.7 Å². The monoisotopic (exact) mass is 383 g/mol. The highest BCUT2D eigenvalue weighted by molar-refractivity contribution is 6.30. The van der Waals surface area contributed by atoms with E-state index >= 15 is 0 Å². The quantitative estimate of drug-likeness (QED) is 0.361. The van der Waals surface area contributed by atoms with Crippen molar-refractivity contribution < 1.29 is 19.1 Å². The Kier molecular flexibility index (Phi) is 7.94. The van der Waals surface area contributed by atoms with Crippen LogP contribution in [0, 0.1) is 5.41 Å². The minimum absolute atomic E-state index is 0.212. The second-order valence-electron chi connectivity index (χ2n) is 8.51. The number of nitrogens with one attached hydrogen (secondary N) is 1. The third-order valence-electron chi connectivity index (χ3n) is 3.36. The Bertz CT molecular complexity index is 630. The number of benzene rings is 1. The van der Waals surface area contributed by atoms with Crippen LogP contribution in [0.4, 0.5) is 10.5 Å². The maximum atomic E-state index is 12.1. The molecular weight excluding hydrogens is 354 g/mol. The standard InChI is InChI=1S/C20H30ClNO4/c1-19(2,3)12-8-7-9-17(23)25-16-13-14(21)10-11-15(16)22-18(24)26-20(4,5)6/h10-11,13H,7-9,12H2,1-6H3,(H,22,24).